The Kier molecular flexibility index (Phi) is 13.6. The molecule has 0 aromatic rings. The van der Waals surface area contributed by atoms with Crippen LogP contribution < -0.4 is 5.32 Å². The Bertz CT molecular complexity index is 729. The molecule has 0 aromatic heterocycles. The number of carbonyl (C=O) groups excluding carboxylic acids is 3. The van der Waals surface area contributed by atoms with E-state index in [0.717, 1.165) is 51.4 Å². The monoisotopic (exact) mass is 442 g/mol. The van der Waals surface area contributed by atoms with Crippen molar-refractivity contribution in [1.29, 1.82) is 0 Å². The van der Waals surface area contributed by atoms with Crippen molar-refractivity contribution in [3.8, 4) is 24.7 Å². The molecule has 0 aromatic carbocycles. The summed E-state index contributed by atoms with van der Waals surface area (Å²) in [7, 11) is 1.52. The molecular formula is C26H38N2O4. The lowest BCUT2D eigenvalue weighted by atomic mass is 10.00. The highest BCUT2D eigenvalue weighted by molar-refractivity contribution is 6.04. The molecule has 1 rings (SSSR count). The van der Waals surface area contributed by atoms with Crippen molar-refractivity contribution in [3.63, 3.8) is 0 Å². The number of nitrogens with zero attached hydrogens (tertiary/aromatic N) is 1. The standard InChI is InChI=1S/C26H38N2O4/c1-5-7-9-11-13-18-24(29)27-19-15-14-17-22-23(32-4)20-25(30)28(22)26(31)21(3)16-12-10-8-6-2/h1-2,20-22H,7-19H2,3-4H3,(H,27,29)/t21-,22?/m1/s1. The van der Waals surface area contributed by atoms with Gasteiger partial charge in [-0.15, -0.1) is 24.7 Å². The summed E-state index contributed by atoms with van der Waals surface area (Å²) < 4.78 is 5.38. The van der Waals surface area contributed by atoms with Crippen LogP contribution in [-0.4, -0.2) is 42.3 Å². The van der Waals surface area contributed by atoms with Crippen molar-refractivity contribution in [3.05, 3.63) is 11.8 Å². The predicted molar refractivity (Wildman–Crippen MR) is 126 cm³/mol. The first kappa shape index (κ1) is 27.3. The van der Waals surface area contributed by atoms with Gasteiger partial charge in [-0.3, -0.25) is 19.3 Å². The topological polar surface area (TPSA) is 75.7 Å². The lowest BCUT2D eigenvalue weighted by molar-refractivity contribution is -0.146. The van der Waals surface area contributed by atoms with Crippen molar-refractivity contribution in [2.75, 3.05) is 13.7 Å². The maximum Gasteiger partial charge on any atom is 0.257 e. The van der Waals surface area contributed by atoms with Gasteiger partial charge in [0.25, 0.3) is 5.91 Å². The Hall–Kier alpha value is -2.73. The fourth-order valence-electron chi connectivity index (χ4n) is 3.80. The van der Waals surface area contributed by atoms with Gasteiger partial charge in [-0.05, 0) is 44.9 Å². The number of ether oxygens (including phenoxy) is 1. The first-order valence-electron chi connectivity index (χ1n) is 11.7. The molecule has 1 aliphatic rings. The van der Waals surface area contributed by atoms with Crippen LogP contribution in [0, 0.1) is 30.6 Å². The molecule has 0 radical (unpaired) electrons. The van der Waals surface area contributed by atoms with Gasteiger partial charge in [-0.1, -0.05) is 19.8 Å². The van der Waals surface area contributed by atoms with E-state index >= 15 is 0 Å². The summed E-state index contributed by atoms with van der Waals surface area (Å²) in [6, 6.07) is -0.375. The van der Waals surface area contributed by atoms with E-state index in [1.165, 1.54) is 18.1 Å². The minimum Gasteiger partial charge on any atom is -0.499 e. The van der Waals surface area contributed by atoms with Crippen molar-refractivity contribution in [2.24, 2.45) is 5.92 Å². The van der Waals surface area contributed by atoms with E-state index in [-0.39, 0.29) is 29.7 Å². The molecule has 176 valence electrons. The van der Waals surface area contributed by atoms with Gasteiger partial charge in [0.1, 0.15) is 5.76 Å². The van der Waals surface area contributed by atoms with Crippen LogP contribution in [0.4, 0.5) is 0 Å². The second kappa shape index (κ2) is 16.0. The van der Waals surface area contributed by atoms with E-state index in [0.29, 0.717) is 38.0 Å². The summed E-state index contributed by atoms with van der Waals surface area (Å²) in [6.07, 6.45) is 21.2. The molecule has 2 atom stereocenters. The summed E-state index contributed by atoms with van der Waals surface area (Å²) in [5.74, 6) is 5.06. The van der Waals surface area contributed by atoms with E-state index in [4.69, 9.17) is 17.6 Å². The Morgan fingerprint density at radius 1 is 1.09 bits per heavy atom. The lowest BCUT2D eigenvalue weighted by Crippen LogP contribution is -2.43. The maximum absolute atomic E-state index is 12.9. The fraction of sp³-hybridized carbons (Fsp3) is 0.654. The molecule has 1 N–H and O–H groups in total. The van der Waals surface area contributed by atoms with E-state index < -0.39 is 0 Å². The number of carbonyl (C=O) groups is 3. The summed E-state index contributed by atoms with van der Waals surface area (Å²) in [5, 5.41) is 2.93. The first-order chi connectivity index (χ1) is 15.5. The summed E-state index contributed by atoms with van der Waals surface area (Å²) >= 11 is 0. The van der Waals surface area contributed by atoms with E-state index in [9.17, 15) is 14.4 Å². The van der Waals surface area contributed by atoms with Gasteiger partial charge >= 0.3 is 0 Å². The average Bonchev–Trinajstić information content (AvgIpc) is 3.10. The fourth-order valence-corrected chi connectivity index (χ4v) is 3.80. The molecule has 0 spiro atoms. The van der Waals surface area contributed by atoms with Crippen LogP contribution in [-0.2, 0) is 19.1 Å². The minimum absolute atomic E-state index is 0.0506. The zero-order valence-corrected chi connectivity index (χ0v) is 19.7. The molecule has 0 aliphatic carbocycles. The highest BCUT2D eigenvalue weighted by Crippen LogP contribution is 2.27. The van der Waals surface area contributed by atoms with Crippen molar-refractivity contribution < 1.29 is 19.1 Å². The minimum atomic E-state index is -0.375. The SMILES string of the molecule is C#CCCCCCC(=O)NCCCCC1C(OC)=CC(=O)N1C(=O)[C@H](C)CCCCC#C. The zero-order chi connectivity index (χ0) is 23.8. The number of imide groups is 1. The van der Waals surface area contributed by atoms with Crippen molar-refractivity contribution in [2.45, 2.75) is 90.0 Å². The van der Waals surface area contributed by atoms with Gasteiger partial charge in [-0.2, -0.15) is 0 Å². The van der Waals surface area contributed by atoms with Gasteiger partial charge in [0.15, 0.2) is 0 Å². The van der Waals surface area contributed by atoms with Gasteiger partial charge < -0.3 is 10.1 Å². The Balaban J connectivity index is 2.42. The number of rotatable bonds is 16. The largest absolute Gasteiger partial charge is 0.499 e. The number of hydrogen-bond acceptors (Lipinski definition) is 4. The Labute approximate surface area is 193 Å². The highest BCUT2D eigenvalue weighted by Gasteiger charge is 2.39. The summed E-state index contributed by atoms with van der Waals surface area (Å²) in [5.41, 5.74) is 0. The molecule has 0 saturated heterocycles. The van der Waals surface area contributed by atoms with Crippen molar-refractivity contribution >= 4 is 17.7 Å². The maximum atomic E-state index is 12.9. The van der Waals surface area contributed by atoms with Gasteiger partial charge in [0.2, 0.25) is 11.8 Å². The van der Waals surface area contributed by atoms with Crippen LogP contribution in [0.25, 0.3) is 0 Å². The van der Waals surface area contributed by atoms with E-state index in [1.807, 2.05) is 6.92 Å². The Morgan fingerprint density at radius 3 is 2.44 bits per heavy atom. The summed E-state index contributed by atoms with van der Waals surface area (Å²) in [6.45, 7) is 2.44. The summed E-state index contributed by atoms with van der Waals surface area (Å²) in [4.78, 5) is 38.7. The smallest absolute Gasteiger partial charge is 0.257 e. The van der Waals surface area contributed by atoms with Crippen LogP contribution in [0.5, 0.6) is 0 Å². The highest BCUT2D eigenvalue weighted by atomic mass is 16.5. The molecule has 1 heterocycles. The third-order valence-electron chi connectivity index (χ3n) is 5.70. The number of hydrogen-bond donors (Lipinski definition) is 1. The molecule has 32 heavy (non-hydrogen) atoms. The van der Waals surface area contributed by atoms with Gasteiger partial charge in [0, 0.05) is 37.8 Å². The van der Waals surface area contributed by atoms with E-state index in [2.05, 4.69) is 17.2 Å². The molecule has 6 heteroatoms. The zero-order valence-electron chi connectivity index (χ0n) is 19.7. The second-order valence-electron chi connectivity index (χ2n) is 8.27. The number of unbranched alkanes of at least 4 members (excludes halogenated alkanes) is 6. The number of amides is 3. The number of nitrogens with one attached hydrogen (secondary N) is 1. The molecule has 0 saturated carbocycles. The van der Waals surface area contributed by atoms with Crippen LogP contribution in [0.2, 0.25) is 0 Å². The van der Waals surface area contributed by atoms with Crippen LogP contribution >= 0.6 is 0 Å². The predicted octanol–water partition coefficient (Wildman–Crippen LogP) is 3.95. The third-order valence-corrected chi connectivity index (χ3v) is 5.70. The second-order valence-corrected chi connectivity index (χ2v) is 8.27. The average molecular weight is 443 g/mol. The normalized spacial score (nSPS) is 16.1. The van der Waals surface area contributed by atoms with Crippen molar-refractivity contribution in [1.82, 2.24) is 10.2 Å². The van der Waals surface area contributed by atoms with Gasteiger partial charge in [0.05, 0.1) is 13.2 Å². The lowest BCUT2D eigenvalue weighted by Gasteiger charge is -2.27. The third kappa shape index (κ3) is 9.60. The number of methoxy groups -OCH3 is 1. The van der Waals surface area contributed by atoms with Crippen LogP contribution in [0.3, 0.4) is 0 Å². The van der Waals surface area contributed by atoms with Gasteiger partial charge in [-0.25, -0.2) is 0 Å². The van der Waals surface area contributed by atoms with Crippen LogP contribution in [0.15, 0.2) is 11.8 Å². The first-order valence-corrected chi connectivity index (χ1v) is 11.7. The number of terminal acetylenes is 2. The quantitative estimate of drug-likeness (QED) is 0.290. The molecule has 1 unspecified atom stereocenters. The van der Waals surface area contributed by atoms with E-state index in [1.54, 1.807) is 0 Å². The molecule has 0 fully saturated rings. The Morgan fingerprint density at radius 2 is 1.78 bits per heavy atom. The molecule has 1 aliphatic heterocycles. The molecule has 0 bridgehead atoms. The molecule has 3 amide bonds. The molecule has 6 nitrogen and oxygen atoms in total. The van der Waals surface area contributed by atoms with Crippen LogP contribution in [0.1, 0.15) is 84.0 Å². The molecular weight excluding hydrogens is 404 g/mol.